The number of carbonyl (C=O) groups excluding carboxylic acids is 2. The predicted molar refractivity (Wildman–Crippen MR) is 171 cm³/mol. The highest BCUT2D eigenvalue weighted by Crippen LogP contribution is 2.27. The van der Waals surface area contributed by atoms with E-state index in [9.17, 15) is 22.4 Å². The maximum atomic E-state index is 14.3. The predicted octanol–water partition coefficient (Wildman–Crippen LogP) is 5.57. The lowest BCUT2D eigenvalue weighted by molar-refractivity contribution is -0.139. The van der Waals surface area contributed by atoms with E-state index in [-0.39, 0.29) is 23.5 Å². The molecule has 0 aliphatic rings. The largest absolute Gasteiger partial charge is 0.494 e. The Morgan fingerprint density at radius 3 is 2.11 bits per heavy atom. The monoisotopic (exact) mass is 681 g/mol. The zero-order valence-electron chi connectivity index (χ0n) is 24.3. The Morgan fingerprint density at radius 1 is 0.886 bits per heavy atom. The first kappa shape index (κ1) is 32.7. The number of anilines is 1. The molecule has 1 N–H and O–H groups in total. The molecule has 1 unspecified atom stereocenters. The molecule has 0 fully saturated rings. The smallest absolute Gasteiger partial charge is 0.264 e. The molecular formula is C33H33BrFN3O5S. The average molecular weight is 683 g/mol. The summed E-state index contributed by atoms with van der Waals surface area (Å²) in [7, 11) is -2.83. The highest BCUT2D eigenvalue weighted by Gasteiger charge is 2.34. The van der Waals surface area contributed by atoms with E-state index < -0.39 is 40.2 Å². The van der Waals surface area contributed by atoms with E-state index in [2.05, 4.69) is 21.2 Å². The zero-order valence-corrected chi connectivity index (χ0v) is 26.7. The number of likely N-dealkylation sites (N-methyl/N-ethyl adjacent to an activating group) is 1. The normalized spacial score (nSPS) is 11.8. The topological polar surface area (TPSA) is 96.0 Å². The lowest BCUT2D eigenvalue weighted by Crippen LogP contribution is -2.53. The van der Waals surface area contributed by atoms with Crippen LogP contribution < -0.4 is 14.4 Å². The third-order valence-corrected chi connectivity index (χ3v) is 9.22. The van der Waals surface area contributed by atoms with Gasteiger partial charge in [-0.1, -0.05) is 58.4 Å². The zero-order chi connectivity index (χ0) is 31.7. The summed E-state index contributed by atoms with van der Waals surface area (Å²) in [6.45, 7) is 1.62. The van der Waals surface area contributed by atoms with Gasteiger partial charge < -0.3 is 15.0 Å². The van der Waals surface area contributed by atoms with Gasteiger partial charge in [-0.25, -0.2) is 12.8 Å². The summed E-state index contributed by atoms with van der Waals surface area (Å²) in [5.41, 5.74) is 1.66. The van der Waals surface area contributed by atoms with Gasteiger partial charge >= 0.3 is 0 Å². The fraction of sp³-hybridized carbons (Fsp3) is 0.212. The van der Waals surface area contributed by atoms with Gasteiger partial charge in [0.15, 0.2) is 0 Å². The van der Waals surface area contributed by atoms with E-state index in [4.69, 9.17) is 4.74 Å². The molecule has 0 radical (unpaired) electrons. The van der Waals surface area contributed by atoms with E-state index >= 15 is 0 Å². The summed E-state index contributed by atoms with van der Waals surface area (Å²) < 4.78 is 49.2. The lowest BCUT2D eigenvalue weighted by atomic mass is 10.0. The number of rotatable bonds is 13. The van der Waals surface area contributed by atoms with Crippen molar-refractivity contribution in [2.45, 2.75) is 30.8 Å². The van der Waals surface area contributed by atoms with Gasteiger partial charge in [0.1, 0.15) is 24.2 Å². The van der Waals surface area contributed by atoms with Gasteiger partial charge in [-0.2, -0.15) is 0 Å². The van der Waals surface area contributed by atoms with Crippen LogP contribution >= 0.6 is 15.9 Å². The van der Waals surface area contributed by atoms with Crippen LogP contribution in [0.3, 0.4) is 0 Å². The van der Waals surface area contributed by atoms with Crippen molar-refractivity contribution >= 4 is 43.5 Å². The minimum absolute atomic E-state index is 0.0391. The maximum Gasteiger partial charge on any atom is 0.264 e. The highest BCUT2D eigenvalue weighted by atomic mass is 79.9. The molecule has 44 heavy (non-hydrogen) atoms. The van der Waals surface area contributed by atoms with E-state index in [1.807, 2.05) is 61.5 Å². The van der Waals surface area contributed by atoms with E-state index in [0.717, 1.165) is 32.0 Å². The van der Waals surface area contributed by atoms with E-state index in [1.54, 1.807) is 0 Å². The quantitative estimate of drug-likeness (QED) is 0.199. The minimum atomic E-state index is -4.32. The molecule has 4 aromatic carbocycles. The third-order valence-electron chi connectivity index (χ3n) is 6.90. The average Bonchev–Trinajstić information content (AvgIpc) is 3.03. The maximum absolute atomic E-state index is 14.3. The van der Waals surface area contributed by atoms with Crippen LogP contribution in [0.15, 0.2) is 112 Å². The first-order chi connectivity index (χ1) is 21.1. The second-order valence-corrected chi connectivity index (χ2v) is 12.6. The molecule has 0 heterocycles. The molecule has 0 aromatic heterocycles. The van der Waals surface area contributed by atoms with Gasteiger partial charge in [-0.3, -0.25) is 13.9 Å². The van der Waals surface area contributed by atoms with Crippen molar-refractivity contribution in [2.75, 3.05) is 24.5 Å². The molecule has 0 bridgehead atoms. The Kier molecular flexibility index (Phi) is 11.1. The standard InChI is InChI=1S/C33H33BrFN3O5S/c1-3-43-29-17-19-30(20-18-29)44(41,42)38(28-15-13-27(35)14-16-28)23-32(39)37(22-25-9-11-26(34)12-10-25)31(33(40)36-2)21-24-7-5-4-6-8-24/h4-20,31H,3,21-23H2,1-2H3,(H,36,40). The number of sulfonamides is 1. The second-order valence-electron chi connectivity index (χ2n) is 9.86. The summed E-state index contributed by atoms with van der Waals surface area (Å²) in [6, 6.07) is 26.3. The summed E-state index contributed by atoms with van der Waals surface area (Å²) >= 11 is 3.42. The Balaban J connectivity index is 1.76. The Morgan fingerprint density at radius 2 is 1.52 bits per heavy atom. The molecule has 2 amide bonds. The van der Waals surface area contributed by atoms with Gasteiger partial charge in [0.25, 0.3) is 10.0 Å². The molecule has 230 valence electrons. The molecule has 0 saturated heterocycles. The molecular weight excluding hydrogens is 649 g/mol. The number of benzene rings is 4. The van der Waals surface area contributed by atoms with Crippen molar-refractivity contribution < 1.29 is 27.1 Å². The molecule has 0 spiro atoms. The Hall–Kier alpha value is -4.22. The number of hydrogen-bond donors (Lipinski definition) is 1. The summed E-state index contributed by atoms with van der Waals surface area (Å²) in [5, 5.41) is 2.65. The van der Waals surface area contributed by atoms with Gasteiger partial charge in [-0.05, 0) is 78.7 Å². The molecule has 11 heteroatoms. The number of hydrogen-bond acceptors (Lipinski definition) is 5. The molecule has 8 nitrogen and oxygen atoms in total. The van der Waals surface area contributed by atoms with Crippen LogP contribution in [0, 0.1) is 5.82 Å². The van der Waals surface area contributed by atoms with Crippen molar-refractivity contribution in [3.05, 3.63) is 125 Å². The number of nitrogens with zero attached hydrogens (tertiary/aromatic N) is 2. The summed E-state index contributed by atoms with van der Waals surface area (Å²) in [6.07, 6.45) is 0.199. The van der Waals surface area contributed by atoms with E-state index in [0.29, 0.717) is 12.4 Å². The minimum Gasteiger partial charge on any atom is -0.494 e. The van der Waals surface area contributed by atoms with Crippen LogP contribution in [-0.4, -0.2) is 51.4 Å². The summed E-state index contributed by atoms with van der Waals surface area (Å²) in [4.78, 5) is 28.9. The number of halogens is 2. The van der Waals surface area contributed by atoms with Crippen molar-refractivity contribution in [1.29, 1.82) is 0 Å². The fourth-order valence-electron chi connectivity index (χ4n) is 4.64. The number of amides is 2. The first-order valence-electron chi connectivity index (χ1n) is 13.9. The highest BCUT2D eigenvalue weighted by molar-refractivity contribution is 9.10. The molecule has 4 rings (SSSR count). The summed E-state index contributed by atoms with van der Waals surface area (Å²) in [5.74, 6) is -1.08. The number of ether oxygens (including phenoxy) is 1. The molecule has 0 aliphatic carbocycles. The van der Waals surface area contributed by atoms with Crippen LogP contribution in [0.5, 0.6) is 5.75 Å². The van der Waals surface area contributed by atoms with Crippen LogP contribution in [0.1, 0.15) is 18.1 Å². The second kappa shape index (κ2) is 15.0. The van der Waals surface area contributed by atoms with Crippen molar-refractivity contribution in [1.82, 2.24) is 10.2 Å². The van der Waals surface area contributed by atoms with Crippen LogP contribution in [0.4, 0.5) is 10.1 Å². The van der Waals surface area contributed by atoms with Crippen LogP contribution in [0.2, 0.25) is 0 Å². The fourth-order valence-corrected chi connectivity index (χ4v) is 6.32. The first-order valence-corrected chi connectivity index (χ1v) is 16.2. The Labute approximate surface area is 265 Å². The molecule has 0 saturated carbocycles. The van der Waals surface area contributed by atoms with Crippen LogP contribution in [0.25, 0.3) is 0 Å². The number of nitrogens with one attached hydrogen (secondary N) is 1. The van der Waals surface area contributed by atoms with Gasteiger partial charge in [-0.15, -0.1) is 0 Å². The van der Waals surface area contributed by atoms with Crippen molar-refractivity contribution in [3.8, 4) is 5.75 Å². The third kappa shape index (κ3) is 8.23. The van der Waals surface area contributed by atoms with E-state index in [1.165, 1.54) is 48.3 Å². The van der Waals surface area contributed by atoms with Gasteiger partial charge in [0, 0.05) is 24.5 Å². The molecule has 1 atom stereocenters. The Bertz CT molecular complexity index is 1650. The number of carbonyl (C=O) groups is 2. The van der Waals surface area contributed by atoms with Crippen LogP contribution in [-0.2, 0) is 32.6 Å². The van der Waals surface area contributed by atoms with Gasteiger partial charge in [0.2, 0.25) is 11.8 Å². The SMILES string of the molecule is CCOc1ccc(S(=O)(=O)N(CC(=O)N(Cc2ccc(Br)cc2)C(Cc2ccccc2)C(=O)NC)c2ccc(F)cc2)cc1. The molecule has 4 aromatic rings. The lowest BCUT2D eigenvalue weighted by Gasteiger charge is -2.33. The van der Waals surface area contributed by atoms with Crippen molar-refractivity contribution in [3.63, 3.8) is 0 Å². The molecule has 0 aliphatic heterocycles. The van der Waals surface area contributed by atoms with Gasteiger partial charge in [0.05, 0.1) is 17.2 Å². The van der Waals surface area contributed by atoms with Crippen molar-refractivity contribution in [2.24, 2.45) is 0 Å².